The quantitative estimate of drug-likeness (QED) is 0.0601. The first kappa shape index (κ1) is 60.9. The molecule has 22 aliphatic heterocycles. The SMILES string of the molecule is COC(=O)CCCCCO[C@@H]1[C@@H](O)[C@H]2O[C@H]3[C@H](O)[C@@H](O)[C@@H](O[C@H]4[C@H](O)[C@@H](O)[C@@H](O[C@H]5[C@H](O)[C@@H](O)[C@@H](O[C@H]6[C@H](O)[C@@H](O)[C@@H](O[C@H]7[C@H](O)[C@@H](O)[C@@H](O[C@H]1[C@@H](CO)O2)O[C@@H]7CO)O[C@@H]6CO)O[C@@H]5CO)O[C@@H]4CO)O[C@@H]3CO. The lowest BCUT2D eigenvalue weighted by Gasteiger charge is -2.51. The molecular weight excluding hydrogens is 1030 g/mol. The lowest BCUT2D eigenvalue weighted by Crippen LogP contribution is -2.69. The van der Waals surface area contributed by atoms with E-state index in [-0.39, 0.29) is 19.4 Å². The second-order valence-corrected chi connectivity index (χ2v) is 19.1. The van der Waals surface area contributed by atoms with E-state index in [4.69, 9.17) is 61.6 Å². The van der Waals surface area contributed by atoms with Gasteiger partial charge in [-0.15, -0.1) is 0 Å². The number of aliphatic hydroxyl groups excluding tert-OH is 17. The van der Waals surface area contributed by atoms with E-state index in [1.54, 1.807) is 0 Å². The molecule has 0 aromatic heterocycles. The van der Waals surface area contributed by atoms with Crippen LogP contribution in [0, 0.1) is 0 Å². The van der Waals surface area contributed by atoms with Crippen molar-refractivity contribution >= 4 is 5.97 Å². The summed E-state index contributed by atoms with van der Waals surface area (Å²) in [5.41, 5.74) is 0. The molecule has 32 heteroatoms. The van der Waals surface area contributed by atoms with Gasteiger partial charge in [-0.25, -0.2) is 0 Å². The Balaban J connectivity index is 1.20. The lowest BCUT2D eigenvalue weighted by molar-refractivity contribution is -0.404. The van der Waals surface area contributed by atoms with E-state index in [2.05, 4.69) is 4.74 Å². The van der Waals surface area contributed by atoms with E-state index < -0.39 is 230 Å². The van der Waals surface area contributed by atoms with Crippen molar-refractivity contribution in [3.63, 3.8) is 0 Å². The van der Waals surface area contributed by atoms with Gasteiger partial charge in [-0.05, 0) is 12.8 Å². The predicted octanol–water partition coefficient (Wildman–Crippen LogP) is -11.3. The number of unbranched alkanes of at least 4 members (excludes halogenated alkanes) is 2. The first-order valence-corrected chi connectivity index (χ1v) is 24.5. The summed E-state index contributed by atoms with van der Waals surface area (Å²) >= 11 is 0. The first-order chi connectivity index (χ1) is 35.9. The zero-order valence-electron chi connectivity index (χ0n) is 40.3. The number of carbonyl (C=O) groups is 1. The van der Waals surface area contributed by atoms with Crippen LogP contribution in [0.15, 0.2) is 0 Å². The van der Waals surface area contributed by atoms with Gasteiger partial charge in [-0.2, -0.15) is 0 Å². The minimum absolute atomic E-state index is 0.0768. The van der Waals surface area contributed by atoms with Crippen LogP contribution in [0.4, 0.5) is 0 Å². The summed E-state index contributed by atoms with van der Waals surface area (Å²) in [6, 6.07) is 0. The third-order valence-corrected chi connectivity index (χ3v) is 14.2. The Hall–Kier alpha value is -1.73. The maximum Gasteiger partial charge on any atom is 0.305 e. The van der Waals surface area contributed by atoms with Crippen molar-refractivity contribution < 1.29 is 158 Å². The maximum absolute atomic E-state index is 11.9. The van der Waals surface area contributed by atoms with Gasteiger partial charge in [0, 0.05) is 13.0 Å². The third kappa shape index (κ3) is 13.1. The molecule has 0 amide bonds. The Labute approximate surface area is 426 Å². The predicted molar refractivity (Wildman–Crippen MR) is 230 cm³/mol. The topological polar surface area (TPSA) is 490 Å². The highest BCUT2D eigenvalue weighted by atomic mass is 16.8. The number of ether oxygens (including phenoxy) is 14. The average molecular weight is 1100 g/mol. The molecular formula is C43H72O32. The average Bonchev–Trinajstić information content (AvgIpc) is 3.40. The minimum Gasteiger partial charge on any atom is -0.469 e. The maximum atomic E-state index is 11.9. The molecule has 0 spiro atoms. The number of esters is 1. The molecule has 436 valence electrons. The Morgan fingerprint density at radius 2 is 0.587 bits per heavy atom. The summed E-state index contributed by atoms with van der Waals surface area (Å²) in [4.78, 5) is 11.7. The molecule has 22 heterocycles. The number of rotatable bonds is 13. The van der Waals surface area contributed by atoms with Crippen molar-refractivity contribution in [1.82, 2.24) is 0 Å². The Bertz CT molecular complexity index is 1730. The van der Waals surface area contributed by atoms with Gasteiger partial charge in [0.2, 0.25) is 0 Å². The van der Waals surface area contributed by atoms with Crippen molar-refractivity contribution in [2.75, 3.05) is 53.4 Å². The van der Waals surface area contributed by atoms with Crippen LogP contribution in [0.3, 0.4) is 0 Å². The van der Waals surface area contributed by atoms with Crippen molar-refractivity contribution in [2.45, 2.75) is 210 Å². The largest absolute Gasteiger partial charge is 0.469 e. The molecule has 75 heavy (non-hydrogen) atoms. The Kier molecular flexibility index (Phi) is 22.0. The van der Waals surface area contributed by atoms with E-state index in [9.17, 15) is 91.6 Å². The molecule has 0 unspecified atom stereocenters. The molecule has 32 nitrogen and oxygen atoms in total. The molecule has 0 saturated carbocycles. The molecule has 22 fully saturated rings. The van der Waals surface area contributed by atoms with Crippen LogP contribution in [0.1, 0.15) is 25.7 Å². The zero-order chi connectivity index (χ0) is 54.6. The number of hydrogen-bond donors (Lipinski definition) is 17. The molecule has 17 N–H and O–H groups in total. The van der Waals surface area contributed by atoms with Crippen molar-refractivity contribution in [1.29, 1.82) is 0 Å². The van der Waals surface area contributed by atoms with Crippen LogP contribution >= 0.6 is 0 Å². The molecule has 22 rings (SSSR count). The molecule has 0 aromatic carbocycles. The van der Waals surface area contributed by atoms with Crippen LogP contribution in [0.2, 0.25) is 0 Å². The van der Waals surface area contributed by atoms with Gasteiger partial charge in [0.25, 0.3) is 0 Å². The van der Waals surface area contributed by atoms with E-state index in [1.807, 2.05) is 0 Å². The van der Waals surface area contributed by atoms with E-state index in [1.165, 1.54) is 7.11 Å². The highest BCUT2D eigenvalue weighted by Gasteiger charge is 2.59. The van der Waals surface area contributed by atoms with Gasteiger partial charge in [-0.1, -0.05) is 6.42 Å². The van der Waals surface area contributed by atoms with Crippen LogP contribution in [0.5, 0.6) is 0 Å². The van der Waals surface area contributed by atoms with Crippen LogP contribution in [-0.2, 0) is 71.1 Å². The lowest BCUT2D eigenvalue weighted by atomic mass is 9.94. The van der Waals surface area contributed by atoms with Gasteiger partial charge < -0.3 is 153 Å². The van der Waals surface area contributed by atoms with E-state index in [0.717, 1.165) is 0 Å². The molecule has 12 bridgehead atoms. The standard InChI is InChI=1S/C43H72O32/c1-62-19(50)5-3-2-4-6-63-37-30(61)43-69-18(12-49)36(37)75-42-29(60)24(55)34(16(10-47)68-42)73-40-27(58)22(53)32(14(8-45)66-40)71-38-25(56)20(51)31(13(7-44)64-38)70-39-26(57)21(52)33(15(9-46)65-39)72-41-28(59)23(54)35(74-43)17(11-48)67-41/h13-18,20-49,51-61H,2-12H2,1H3/t13-,14-,15-,16-,17-,18-,20-,21-,22-,23-,24-,25-,26-,27-,28-,29-,30-,31-,32-,33-,34-,35-,36+,37-,38-,39-,40-,41-,42-,43-/m1/s1. The monoisotopic (exact) mass is 1100 g/mol. The summed E-state index contributed by atoms with van der Waals surface area (Å²) in [7, 11) is 1.23. The zero-order valence-corrected chi connectivity index (χ0v) is 40.3. The fraction of sp³-hybridized carbons (Fsp3) is 0.977. The first-order valence-electron chi connectivity index (χ1n) is 24.5. The number of carbonyl (C=O) groups excluding carboxylic acids is 1. The smallest absolute Gasteiger partial charge is 0.305 e. The summed E-state index contributed by atoms with van der Waals surface area (Å²) in [6.45, 7) is -6.13. The van der Waals surface area contributed by atoms with Gasteiger partial charge >= 0.3 is 5.97 Å². The summed E-state index contributed by atoms with van der Waals surface area (Å²) < 4.78 is 80.3. The second-order valence-electron chi connectivity index (χ2n) is 19.1. The minimum atomic E-state index is -2.16. The Morgan fingerprint density at radius 1 is 0.333 bits per heavy atom. The molecule has 0 aliphatic carbocycles. The number of methoxy groups -OCH3 is 1. The second kappa shape index (κ2) is 27.2. The van der Waals surface area contributed by atoms with Gasteiger partial charge in [0.05, 0.1) is 46.8 Å². The normalized spacial score (nSPS) is 50.1. The molecule has 30 atom stereocenters. The van der Waals surface area contributed by atoms with Gasteiger partial charge in [0.1, 0.15) is 146 Å². The Morgan fingerprint density at radius 3 is 0.853 bits per heavy atom. The third-order valence-electron chi connectivity index (χ3n) is 14.2. The van der Waals surface area contributed by atoms with Crippen molar-refractivity contribution in [3.8, 4) is 0 Å². The molecule has 0 aromatic rings. The number of hydrogen-bond acceptors (Lipinski definition) is 32. The summed E-state index contributed by atoms with van der Waals surface area (Å²) in [6.07, 6.45) is -56.6. The fourth-order valence-corrected chi connectivity index (χ4v) is 9.97. The highest BCUT2D eigenvalue weighted by Crippen LogP contribution is 2.38. The highest BCUT2D eigenvalue weighted by molar-refractivity contribution is 5.68. The fourth-order valence-electron chi connectivity index (χ4n) is 9.97. The molecule has 22 aliphatic rings. The van der Waals surface area contributed by atoms with E-state index >= 15 is 0 Å². The van der Waals surface area contributed by atoms with Crippen LogP contribution < -0.4 is 0 Å². The summed E-state index contributed by atoms with van der Waals surface area (Å²) in [5.74, 6) is -0.463. The molecule has 22 saturated heterocycles. The van der Waals surface area contributed by atoms with Crippen molar-refractivity contribution in [2.24, 2.45) is 0 Å². The van der Waals surface area contributed by atoms with Gasteiger partial charge in [-0.3, -0.25) is 4.79 Å². The number of aliphatic hydroxyl groups is 17. The van der Waals surface area contributed by atoms with Crippen LogP contribution in [0.25, 0.3) is 0 Å². The molecule has 0 radical (unpaired) electrons. The van der Waals surface area contributed by atoms with E-state index in [0.29, 0.717) is 12.8 Å². The van der Waals surface area contributed by atoms with Crippen LogP contribution in [-0.4, -0.2) is 330 Å². The van der Waals surface area contributed by atoms with Crippen molar-refractivity contribution in [3.05, 3.63) is 0 Å². The summed E-state index contributed by atoms with van der Waals surface area (Å²) in [5, 5.41) is 188. The van der Waals surface area contributed by atoms with Gasteiger partial charge in [0.15, 0.2) is 37.7 Å².